The van der Waals surface area contributed by atoms with Gasteiger partial charge in [-0.05, 0) is 28.1 Å². The Balaban J connectivity index is 2.38. The highest BCUT2D eigenvalue weighted by Crippen LogP contribution is 2.34. The van der Waals surface area contributed by atoms with Crippen molar-refractivity contribution in [1.82, 2.24) is 4.31 Å². The molecule has 4 nitrogen and oxygen atoms in total. The molecule has 0 saturated heterocycles. The fourth-order valence-corrected chi connectivity index (χ4v) is 3.48. The first-order valence-corrected chi connectivity index (χ1v) is 7.10. The van der Waals surface area contributed by atoms with Crippen molar-refractivity contribution in [1.29, 1.82) is 0 Å². The SMILES string of the molecule is CN1SN=C(c2cc(Cl)c(Br)s2)C=C1C(=O)O. The summed E-state index contributed by atoms with van der Waals surface area (Å²) in [6.45, 7) is 0. The van der Waals surface area contributed by atoms with Crippen molar-refractivity contribution >= 4 is 62.7 Å². The molecule has 0 aliphatic carbocycles. The Morgan fingerprint density at radius 1 is 1.65 bits per heavy atom. The van der Waals surface area contributed by atoms with Crippen molar-refractivity contribution in [2.45, 2.75) is 0 Å². The lowest BCUT2D eigenvalue weighted by molar-refractivity contribution is -0.133. The van der Waals surface area contributed by atoms with Gasteiger partial charge in [0.1, 0.15) is 5.70 Å². The van der Waals surface area contributed by atoms with Gasteiger partial charge < -0.3 is 5.11 Å². The summed E-state index contributed by atoms with van der Waals surface area (Å²) in [5.74, 6) is -0.978. The van der Waals surface area contributed by atoms with Crippen LogP contribution in [0.25, 0.3) is 0 Å². The molecule has 17 heavy (non-hydrogen) atoms. The van der Waals surface area contributed by atoms with E-state index >= 15 is 0 Å². The maximum Gasteiger partial charge on any atom is 0.353 e. The molecule has 0 saturated carbocycles. The third-order valence-electron chi connectivity index (χ3n) is 1.99. The molecule has 0 amide bonds. The van der Waals surface area contributed by atoms with Crippen LogP contribution in [-0.2, 0) is 4.79 Å². The predicted molar refractivity (Wildman–Crippen MR) is 74.6 cm³/mol. The minimum Gasteiger partial charge on any atom is -0.477 e. The molecule has 1 aliphatic heterocycles. The molecule has 90 valence electrons. The maximum absolute atomic E-state index is 11.0. The second kappa shape index (κ2) is 5.01. The number of nitrogens with zero attached hydrogens (tertiary/aromatic N) is 2. The third kappa shape index (κ3) is 2.67. The van der Waals surface area contributed by atoms with Crippen LogP contribution in [0.2, 0.25) is 5.02 Å². The molecule has 2 heterocycles. The number of hydrogen-bond donors (Lipinski definition) is 1. The molecule has 0 fully saturated rings. The number of carboxylic acids is 1. The molecule has 8 heteroatoms. The zero-order valence-corrected chi connectivity index (χ0v) is 12.5. The predicted octanol–water partition coefficient (Wildman–Crippen LogP) is 3.43. The smallest absolute Gasteiger partial charge is 0.353 e. The average molecular weight is 354 g/mol. The molecule has 0 radical (unpaired) electrons. The highest BCUT2D eigenvalue weighted by atomic mass is 79.9. The minimum atomic E-state index is -0.978. The lowest BCUT2D eigenvalue weighted by Crippen LogP contribution is -2.20. The summed E-state index contributed by atoms with van der Waals surface area (Å²) in [5, 5.41) is 9.62. The largest absolute Gasteiger partial charge is 0.477 e. The summed E-state index contributed by atoms with van der Waals surface area (Å²) in [6.07, 6.45) is 1.54. The van der Waals surface area contributed by atoms with Crippen molar-refractivity contribution in [2.75, 3.05) is 7.05 Å². The zero-order chi connectivity index (χ0) is 12.6. The van der Waals surface area contributed by atoms with Gasteiger partial charge in [0, 0.05) is 7.05 Å². The van der Waals surface area contributed by atoms with Gasteiger partial charge in [-0.2, -0.15) is 4.40 Å². The van der Waals surface area contributed by atoms with Gasteiger partial charge in [0.25, 0.3) is 0 Å². The molecule has 2 rings (SSSR count). The van der Waals surface area contributed by atoms with E-state index in [0.29, 0.717) is 10.7 Å². The summed E-state index contributed by atoms with van der Waals surface area (Å²) >= 11 is 11.8. The van der Waals surface area contributed by atoms with Crippen molar-refractivity contribution in [3.63, 3.8) is 0 Å². The second-order valence-electron chi connectivity index (χ2n) is 3.12. The molecule has 1 N–H and O–H groups in total. The summed E-state index contributed by atoms with van der Waals surface area (Å²) in [7, 11) is 1.65. The van der Waals surface area contributed by atoms with Crippen LogP contribution in [0.3, 0.4) is 0 Å². The van der Waals surface area contributed by atoms with E-state index in [-0.39, 0.29) is 5.70 Å². The average Bonchev–Trinajstić information content (AvgIpc) is 2.59. The number of hydrogen-bond acceptors (Lipinski definition) is 5. The minimum absolute atomic E-state index is 0.195. The number of carbonyl (C=O) groups is 1. The molecule has 0 spiro atoms. The molecular formula is C9H6BrClN2O2S2. The number of carboxylic acid groups (broad SMARTS) is 1. The quantitative estimate of drug-likeness (QED) is 0.828. The summed E-state index contributed by atoms with van der Waals surface area (Å²) in [6, 6.07) is 1.76. The van der Waals surface area contributed by atoms with Crippen LogP contribution in [0.4, 0.5) is 0 Å². The van der Waals surface area contributed by atoms with Crippen molar-refractivity contribution in [3.05, 3.63) is 31.5 Å². The summed E-state index contributed by atoms with van der Waals surface area (Å²) in [4.78, 5) is 11.8. The van der Waals surface area contributed by atoms with Crippen LogP contribution in [-0.4, -0.2) is 28.1 Å². The van der Waals surface area contributed by atoms with Crippen molar-refractivity contribution < 1.29 is 9.90 Å². The maximum atomic E-state index is 11.0. The first-order chi connectivity index (χ1) is 7.99. The van der Waals surface area contributed by atoms with Crippen LogP contribution in [0, 0.1) is 0 Å². The van der Waals surface area contributed by atoms with Crippen LogP contribution in [0.1, 0.15) is 4.88 Å². The Kier molecular flexibility index (Phi) is 3.82. The Morgan fingerprint density at radius 2 is 2.35 bits per heavy atom. The second-order valence-corrected chi connectivity index (χ2v) is 6.79. The van der Waals surface area contributed by atoms with Crippen LogP contribution < -0.4 is 0 Å². The van der Waals surface area contributed by atoms with E-state index in [0.717, 1.165) is 20.8 Å². The highest BCUT2D eigenvalue weighted by molar-refractivity contribution is 9.11. The molecular weight excluding hydrogens is 348 g/mol. The Morgan fingerprint density at radius 3 is 2.88 bits per heavy atom. The number of aliphatic carboxylic acids is 1. The fraction of sp³-hybridized carbons (Fsp3) is 0.111. The molecule has 0 unspecified atom stereocenters. The van der Waals surface area contributed by atoms with Gasteiger partial charge in [0.05, 0.1) is 31.5 Å². The van der Waals surface area contributed by atoms with Gasteiger partial charge in [-0.25, -0.2) is 4.79 Å². The number of likely N-dealkylation sites (N-methyl/N-ethyl adjacent to an activating group) is 1. The van der Waals surface area contributed by atoms with E-state index in [1.807, 2.05) is 0 Å². The van der Waals surface area contributed by atoms with Gasteiger partial charge in [0.15, 0.2) is 0 Å². The Hall–Kier alpha value is -0.500. The topological polar surface area (TPSA) is 52.9 Å². The summed E-state index contributed by atoms with van der Waals surface area (Å²) < 4.78 is 6.53. The monoisotopic (exact) mass is 352 g/mol. The number of halogens is 2. The lowest BCUT2D eigenvalue weighted by Gasteiger charge is -2.19. The molecule has 0 atom stereocenters. The van der Waals surface area contributed by atoms with Crippen molar-refractivity contribution in [2.24, 2.45) is 4.40 Å². The van der Waals surface area contributed by atoms with E-state index in [1.54, 1.807) is 13.1 Å². The van der Waals surface area contributed by atoms with E-state index in [1.165, 1.54) is 21.7 Å². The van der Waals surface area contributed by atoms with E-state index in [2.05, 4.69) is 20.3 Å². The zero-order valence-electron chi connectivity index (χ0n) is 8.48. The first kappa shape index (κ1) is 12.9. The molecule has 1 aromatic rings. The lowest BCUT2D eigenvalue weighted by atomic mass is 10.2. The first-order valence-electron chi connectivity index (χ1n) is 4.38. The van der Waals surface area contributed by atoms with Crippen LogP contribution in [0.5, 0.6) is 0 Å². The van der Waals surface area contributed by atoms with Gasteiger partial charge in [-0.15, -0.1) is 11.3 Å². The van der Waals surface area contributed by atoms with E-state index in [9.17, 15) is 4.79 Å². The Bertz CT molecular complexity index is 522. The fourth-order valence-electron chi connectivity index (χ4n) is 1.18. The summed E-state index contributed by atoms with van der Waals surface area (Å²) in [5.41, 5.74) is 0.809. The van der Waals surface area contributed by atoms with E-state index in [4.69, 9.17) is 16.7 Å². The van der Waals surface area contributed by atoms with Crippen LogP contribution >= 0.6 is 51.0 Å². The standard InChI is InChI=1S/C9H6BrClN2O2S2/c1-13-6(9(14)15)3-5(12-17-13)7-2-4(11)8(10)16-7/h2-3H,1H3,(H,14,15). The molecule has 0 aromatic carbocycles. The normalized spacial score (nSPS) is 15.6. The molecule has 0 bridgehead atoms. The van der Waals surface area contributed by atoms with Gasteiger partial charge >= 0.3 is 5.97 Å². The Labute approximate surface area is 119 Å². The molecule has 1 aliphatic rings. The van der Waals surface area contributed by atoms with Crippen LogP contribution in [0.15, 0.2) is 26.0 Å². The third-order valence-corrected chi connectivity index (χ3v) is 5.21. The molecule has 1 aromatic heterocycles. The van der Waals surface area contributed by atoms with Gasteiger partial charge in [-0.3, -0.25) is 4.31 Å². The van der Waals surface area contributed by atoms with E-state index < -0.39 is 5.97 Å². The van der Waals surface area contributed by atoms with Gasteiger partial charge in [0.2, 0.25) is 0 Å². The highest BCUT2D eigenvalue weighted by Gasteiger charge is 2.21. The van der Waals surface area contributed by atoms with Crippen molar-refractivity contribution in [3.8, 4) is 0 Å². The number of thiophene rings is 1. The number of allylic oxidation sites excluding steroid dienone is 1. The van der Waals surface area contributed by atoms with Gasteiger partial charge in [-0.1, -0.05) is 11.6 Å². The number of rotatable bonds is 2.